The summed E-state index contributed by atoms with van der Waals surface area (Å²) < 4.78 is 16.5. The Morgan fingerprint density at radius 2 is 1.74 bits per heavy atom. The summed E-state index contributed by atoms with van der Waals surface area (Å²) >= 11 is 3.41. The van der Waals surface area contributed by atoms with Gasteiger partial charge in [0.15, 0.2) is 11.5 Å². The molecule has 1 aromatic rings. The lowest BCUT2D eigenvalue weighted by Gasteiger charge is -2.19. The van der Waals surface area contributed by atoms with Gasteiger partial charge in [0.05, 0.1) is 31.4 Å². The Bertz CT molecular complexity index is 533. The molecule has 0 aliphatic rings. The van der Waals surface area contributed by atoms with Gasteiger partial charge in [-0.2, -0.15) is 0 Å². The van der Waals surface area contributed by atoms with Crippen LogP contribution in [0.25, 0.3) is 0 Å². The van der Waals surface area contributed by atoms with Crippen molar-refractivity contribution in [1.82, 2.24) is 10.2 Å². The summed E-state index contributed by atoms with van der Waals surface area (Å²) in [4.78, 5) is 14.7. The molecule has 7 heteroatoms. The van der Waals surface area contributed by atoms with Crippen LogP contribution in [-0.4, -0.2) is 58.3 Å². The molecule has 0 aromatic heterocycles. The Kier molecular flexibility index (Phi) is 8.19. The molecule has 0 aliphatic carbocycles. The van der Waals surface area contributed by atoms with E-state index in [1.807, 2.05) is 0 Å². The van der Waals surface area contributed by atoms with Gasteiger partial charge in [0, 0.05) is 13.1 Å². The van der Waals surface area contributed by atoms with E-state index in [9.17, 15) is 4.79 Å². The lowest BCUT2D eigenvalue weighted by molar-refractivity contribution is 0.0947. The van der Waals surface area contributed by atoms with E-state index in [2.05, 4.69) is 40.0 Å². The molecule has 130 valence electrons. The maximum atomic E-state index is 12.4. The number of benzene rings is 1. The van der Waals surface area contributed by atoms with E-state index >= 15 is 0 Å². The van der Waals surface area contributed by atoms with Crippen molar-refractivity contribution >= 4 is 21.8 Å². The van der Waals surface area contributed by atoms with Gasteiger partial charge in [0.2, 0.25) is 5.75 Å². The molecule has 0 saturated heterocycles. The number of halogens is 1. The predicted molar refractivity (Wildman–Crippen MR) is 93.9 cm³/mol. The number of carbonyl (C=O) groups excluding carboxylic acids is 1. The number of rotatable bonds is 9. The molecule has 0 saturated carbocycles. The van der Waals surface area contributed by atoms with Gasteiger partial charge in [-0.1, -0.05) is 13.8 Å². The second kappa shape index (κ2) is 9.62. The highest BCUT2D eigenvalue weighted by Gasteiger charge is 2.22. The minimum atomic E-state index is -0.191. The van der Waals surface area contributed by atoms with Gasteiger partial charge in [-0.3, -0.25) is 4.79 Å². The van der Waals surface area contributed by atoms with Gasteiger partial charge in [-0.15, -0.1) is 0 Å². The molecule has 0 atom stereocenters. The Balaban J connectivity index is 2.96. The van der Waals surface area contributed by atoms with E-state index < -0.39 is 0 Å². The molecule has 1 amide bonds. The second-order valence-electron chi connectivity index (χ2n) is 4.79. The molecule has 6 nitrogen and oxygen atoms in total. The van der Waals surface area contributed by atoms with Crippen molar-refractivity contribution in [3.8, 4) is 17.2 Å². The number of hydrogen-bond donors (Lipinski definition) is 1. The van der Waals surface area contributed by atoms with Crippen LogP contribution in [0.2, 0.25) is 0 Å². The summed E-state index contributed by atoms with van der Waals surface area (Å²) in [6.45, 7) is 7.49. The van der Waals surface area contributed by atoms with Crippen LogP contribution in [0, 0.1) is 0 Å². The number of methoxy groups -OCH3 is 3. The van der Waals surface area contributed by atoms with Gasteiger partial charge >= 0.3 is 0 Å². The topological polar surface area (TPSA) is 60.0 Å². The summed E-state index contributed by atoms with van der Waals surface area (Å²) in [5.41, 5.74) is 0.444. The van der Waals surface area contributed by atoms with Crippen LogP contribution in [0.5, 0.6) is 17.2 Å². The highest BCUT2D eigenvalue weighted by atomic mass is 79.9. The van der Waals surface area contributed by atoms with Crippen molar-refractivity contribution in [1.29, 1.82) is 0 Å². The number of amides is 1. The van der Waals surface area contributed by atoms with Crippen LogP contribution < -0.4 is 19.5 Å². The fourth-order valence-electron chi connectivity index (χ4n) is 2.25. The number of hydrogen-bond acceptors (Lipinski definition) is 5. The number of nitrogens with zero attached hydrogens (tertiary/aromatic N) is 1. The van der Waals surface area contributed by atoms with Crippen LogP contribution in [0.15, 0.2) is 10.5 Å². The first kappa shape index (κ1) is 19.6. The zero-order valence-corrected chi connectivity index (χ0v) is 15.9. The first-order valence-corrected chi connectivity index (χ1v) is 8.32. The molecule has 0 radical (unpaired) electrons. The van der Waals surface area contributed by atoms with E-state index in [4.69, 9.17) is 14.2 Å². The average Bonchev–Trinajstić information content (AvgIpc) is 2.57. The number of carbonyl (C=O) groups is 1. The van der Waals surface area contributed by atoms with Gasteiger partial charge in [-0.25, -0.2) is 0 Å². The quantitative estimate of drug-likeness (QED) is 0.704. The Morgan fingerprint density at radius 3 is 2.22 bits per heavy atom. The van der Waals surface area contributed by atoms with E-state index in [1.165, 1.54) is 21.3 Å². The molecule has 1 N–H and O–H groups in total. The monoisotopic (exact) mass is 388 g/mol. The van der Waals surface area contributed by atoms with Crippen molar-refractivity contribution < 1.29 is 19.0 Å². The molecule has 1 aromatic carbocycles. The molecule has 0 bridgehead atoms. The van der Waals surface area contributed by atoms with E-state index in [0.717, 1.165) is 19.6 Å². The first-order chi connectivity index (χ1) is 11.0. The fraction of sp³-hybridized carbons (Fsp3) is 0.562. The third-order valence-corrected chi connectivity index (χ3v) is 4.41. The highest BCUT2D eigenvalue weighted by Crippen LogP contribution is 2.44. The lowest BCUT2D eigenvalue weighted by atomic mass is 10.1. The van der Waals surface area contributed by atoms with E-state index in [-0.39, 0.29) is 5.91 Å². The Labute approximate surface area is 146 Å². The average molecular weight is 389 g/mol. The third-order valence-electron chi connectivity index (χ3n) is 3.62. The molecule has 0 heterocycles. The number of nitrogens with one attached hydrogen (secondary N) is 1. The van der Waals surface area contributed by atoms with Crippen LogP contribution in [0.3, 0.4) is 0 Å². The van der Waals surface area contributed by atoms with Gasteiger partial charge in [-0.05, 0) is 35.1 Å². The fourth-order valence-corrected chi connectivity index (χ4v) is 2.89. The normalized spacial score (nSPS) is 10.6. The van der Waals surface area contributed by atoms with Gasteiger partial charge < -0.3 is 24.4 Å². The largest absolute Gasteiger partial charge is 0.493 e. The van der Waals surface area contributed by atoms with Gasteiger partial charge in [0.1, 0.15) is 0 Å². The van der Waals surface area contributed by atoms with E-state index in [1.54, 1.807) is 6.07 Å². The number of likely N-dealkylation sites (N-methyl/N-ethyl adjacent to an activating group) is 1. The van der Waals surface area contributed by atoms with Crippen molar-refractivity contribution in [2.75, 3.05) is 47.5 Å². The Hall–Kier alpha value is -1.47. The van der Waals surface area contributed by atoms with Crippen molar-refractivity contribution in [2.45, 2.75) is 13.8 Å². The molecule has 0 aliphatic heterocycles. The van der Waals surface area contributed by atoms with Crippen molar-refractivity contribution in [3.63, 3.8) is 0 Å². The highest BCUT2D eigenvalue weighted by molar-refractivity contribution is 9.10. The van der Waals surface area contributed by atoms with Crippen molar-refractivity contribution in [3.05, 3.63) is 16.1 Å². The zero-order chi connectivity index (χ0) is 17.4. The standard InChI is InChI=1S/C16H25BrN2O4/c1-6-19(7-2)9-8-18-16(20)11-10-12(21-3)14(22-4)15(23-5)13(11)17/h10H,6-9H2,1-5H3,(H,18,20). The summed E-state index contributed by atoms with van der Waals surface area (Å²) in [5.74, 6) is 1.13. The van der Waals surface area contributed by atoms with Crippen molar-refractivity contribution in [2.24, 2.45) is 0 Å². The minimum Gasteiger partial charge on any atom is -0.493 e. The Morgan fingerprint density at radius 1 is 1.13 bits per heavy atom. The molecule has 0 unspecified atom stereocenters. The van der Waals surface area contributed by atoms with Crippen LogP contribution in [-0.2, 0) is 0 Å². The smallest absolute Gasteiger partial charge is 0.252 e. The molecule has 1 rings (SSSR count). The predicted octanol–water partition coefficient (Wildman–Crippen LogP) is 2.55. The third kappa shape index (κ3) is 4.75. The van der Waals surface area contributed by atoms with Crippen LogP contribution >= 0.6 is 15.9 Å². The van der Waals surface area contributed by atoms with Gasteiger partial charge in [0.25, 0.3) is 5.91 Å². The first-order valence-electron chi connectivity index (χ1n) is 7.52. The SMILES string of the molecule is CCN(CC)CCNC(=O)c1cc(OC)c(OC)c(OC)c1Br. The van der Waals surface area contributed by atoms with E-state index in [0.29, 0.717) is 33.8 Å². The molecular formula is C16H25BrN2O4. The molecule has 23 heavy (non-hydrogen) atoms. The second-order valence-corrected chi connectivity index (χ2v) is 5.58. The zero-order valence-electron chi connectivity index (χ0n) is 14.4. The maximum absolute atomic E-state index is 12.4. The lowest BCUT2D eigenvalue weighted by Crippen LogP contribution is -2.35. The summed E-state index contributed by atoms with van der Waals surface area (Å²) in [7, 11) is 4.56. The number of ether oxygens (including phenoxy) is 3. The molecule has 0 fully saturated rings. The summed E-state index contributed by atoms with van der Waals surface area (Å²) in [6, 6.07) is 1.64. The maximum Gasteiger partial charge on any atom is 0.252 e. The summed E-state index contributed by atoms with van der Waals surface area (Å²) in [6.07, 6.45) is 0. The molecule has 0 spiro atoms. The summed E-state index contributed by atoms with van der Waals surface area (Å²) in [5, 5.41) is 2.92. The van der Waals surface area contributed by atoms with Crippen LogP contribution in [0.1, 0.15) is 24.2 Å². The molecular weight excluding hydrogens is 364 g/mol. The van der Waals surface area contributed by atoms with Crippen LogP contribution in [0.4, 0.5) is 0 Å². The minimum absolute atomic E-state index is 0.191.